The van der Waals surface area contributed by atoms with Crippen LogP contribution in [0.25, 0.3) is 0 Å². The van der Waals surface area contributed by atoms with Crippen molar-refractivity contribution in [1.82, 2.24) is 20.5 Å². The number of nitrogens with zero attached hydrogens (tertiary/aromatic N) is 2. The Kier molecular flexibility index (Phi) is 5.80. The number of carbonyl (C=O) groups is 3. The Labute approximate surface area is 157 Å². The third kappa shape index (κ3) is 4.31. The zero-order valence-electron chi connectivity index (χ0n) is 15.1. The molecule has 1 saturated heterocycles. The molecule has 1 aromatic heterocycles. The van der Waals surface area contributed by atoms with Gasteiger partial charge in [-0.05, 0) is 24.1 Å². The predicted molar refractivity (Wildman–Crippen MR) is 99.1 cm³/mol. The lowest BCUT2D eigenvalue weighted by Crippen LogP contribution is -2.66. The molecule has 1 unspecified atom stereocenters. The van der Waals surface area contributed by atoms with Crippen molar-refractivity contribution in [2.75, 3.05) is 0 Å². The minimum absolute atomic E-state index is 0.104. The average Bonchev–Trinajstić information content (AvgIpc) is 2.70. The molecule has 0 bridgehead atoms. The molecule has 7 heteroatoms. The molecule has 1 fully saturated rings. The van der Waals surface area contributed by atoms with E-state index in [1.807, 2.05) is 37.3 Å². The molecule has 1 aliphatic rings. The van der Waals surface area contributed by atoms with Gasteiger partial charge in [0.1, 0.15) is 6.04 Å². The zero-order chi connectivity index (χ0) is 19.2. The molecule has 1 aromatic carbocycles. The van der Waals surface area contributed by atoms with E-state index in [9.17, 15) is 14.4 Å². The second-order valence-corrected chi connectivity index (χ2v) is 6.36. The summed E-state index contributed by atoms with van der Waals surface area (Å²) in [6.07, 6.45) is 2.08. The van der Waals surface area contributed by atoms with Gasteiger partial charge in [0.05, 0.1) is 12.2 Å². The first-order valence-electron chi connectivity index (χ1n) is 8.92. The number of carbonyl (C=O) groups excluding carboxylic acids is 3. The number of pyridine rings is 1. The molecule has 2 N–H and O–H groups in total. The SMILES string of the molecule is CC[C@@H]1NC(=O)C(C(=O)NCc2ccccc2)N(Cc2ccccn2)C1=O. The molecular formula is C20H22N4O3. The van der Waals surface area contributed by atoms with Gasteiger partial charge in [0.15, 0.2) is 6.04 Å². The summed E-state index contributed by atoms with van der Waals surface area (Å²) in [4.78, 5) is 43.6. The van der Waals surface area contributed by atoms with Gasteiger partial charge in [0, 0.05) is 12.7 Å². The summed E-state index contributed by atoms with van der Waals surface area (Å²) in [7, 11) is 0. The minimum Gasteiger partial charge on any atom is -0.350 e. The lowest BCUT2D eigenvalue weighted by Gasteiger charge is -2.37. The molecule has 0 spiro atoms. The fourth-order valence-corrected chi connectivity index (χ4v) is 3.04. The Morgan fingerprint density at radius 2 is 1.89 bits per heavy atom. The van der Waals surface area contributed by atoms with Crippen LogP contribution < -0.4 is 10.6 Å². The third-order valence-electron chi connectivity index (χ3n) is 4.48. The van der Waals surface area contributed by atoms with Crippen molar-refractivity contribution in [3.05, 3.63) is 66.0 Å². The minimum atomic E-state index is -1.22. The molecular weight excluding hydrogens is 344 g/mol. The molecule has 0 saturated carbocycles. The van der Waals surface area contributed by atoms with Crippen molar-refractivity contribution in [3.8, 4) is 0 Å². The highest BCUT2D eigenvalue weighted by molar-refractivity contribution is 6.10. The molecule has 7 nitrogen and oxygen atoms in total. The van der Waals surface area contributed by atoms with Gasteiger partial charge in [-0.3, -0.25) is 19.4 Å². The van der Waals surface area contributed by atoms with Crippen LogP contribution in [0.5, 0.6) is 0 Å². The Morgan fingerprint density at radius 3 is 2.56 bits per heavy atom. The first kappa shape index (κ1) is 18.6. The number of benzene rings is 1. The quantitative estimate of drug-likeness (QED) is 0.747. The Bertz CT molecular complexity index is 810. The normalized spacial score (nSPS) is 19.5. The highest BCUT2D eigenvalue weighted by Gasteiger charge is 2.43. The maximum absolute atomic E-state index is 12.8. The molecule has 140 valence electrons. The number of rotatable bonds is 6. The topological polar surface area (TPSA) is 91.4 Å². The van der Waals surface area contributed by atoms with Crippen LogP contribution in [0.4, 0.5) is 0 Å². The fraction of sp³-hybridized carbons (Fsp3) is 0.300. The number of aromatic nitrogens is 1. The van der Waals surface area contributed by atoms with Crippen molar-refractivity contribution in [1.29, 1.82) is 0 Å². The lowest BCUT2D eigenvalue weighted by molar-refractivity contribution is -0.155. The second kappa shape index (κ2) is 8.44. The van der Waals surface area contributed by atoms with Crippen LogP contribution in [0, 0.1) is 0 Å². The van der Waals surface area contributed by atoms with E-state index in [1.165, 1.54) is 4.90 Å². The largest absolute Gasteiger partial charge is 0.350 e. The van der Waals surface area contributed by atoms with Crippen LogP contribution in [0.2, 0.25) is 0 Å². The standard InChI is InChI=1S/C20H22N4O3/c1-2-16-20(27)24(13-15-10-6-7-11-21-15)17(19(26)23-16)18(25)22-12-14-8-4-3-5-9-14/h3-11,16-17H,2,12-13H2,1H3,(H,22,25)(H,23,26)/t16-,17?/m0/s1. The number of piperazine rings is 1. The highest BCUT2D eigenvalue weighted by atomic mass is 16.2. The molecule has 3 rings (SSSR count). The van der Waals surface area contributed by atoms with E-state index in [-0.39, 0.29) is 19.0 Å². The summed E-state index contributed by atoms with van der Waals surface area (Å²) in [6, 6.07) is 12.9. The molecule has 0 aliphatic carbocycles. The Hall–Kier alpha value is -3.22. The van der Waals surface area contributed by atoms with Crippen LogP contribution in [0.3, 0.4) is 0 Å². The van der Waals surface area contributed by atoms with Crippen molar-refractivity contribution < 1.29 is 14.4 Å². The van der Waals surface area contributed by atoms with Gasteiger partial charge < -0.3 is 15.5 Å². The van der Waals surface area contributed by atoms with Crippen LogP contribution in [-0.4, -0.2) is 39.7 Å². The molecule has 27 heavy (non-hydrogen) atoms. The maximum atomic E-state index is 12.8. The fourth-order valence-electron chi connectivity index (χ4n) is 3.04. The zero-order valence-corrected chi connectivity index (χ0v) is 15.1. The number of amides is 3. The number of nitrogens with one attached hydrogen (secondary N) is 2. The summed E-state index contributed by atoms with van der Waals surface area (Å²) in [5, 5.41) is 5.40. The molecule has 1 aliphatic heterocycles. The van der Waals surface area contributed by atoms with Crippen LogP contribution in [-0.2, 0) is 27.5 Å². The Balaban J connectivity index is 1.79. The van der Waals surface area contributed by atoms with Crippen molar-refractivity contribution >= 4 is 17.7 Å². The van der Waals surface area contributed by atoms with Crippen molar-refractivity contribution in [2.24, 2.45) is 0 Å². The van der Waals surface area contributed by atoms with Gasteiger partial charge in [-0.25, -0.2) is 0 Å². The first-order chi connectivity index (χ1) is 13.1. The third-order valence-corrected chi connectivity index (χ3v) is 4.48. The van der Waals surface area contributed by atoms with Gasteiger partial charge >= 0.3 is 0 Å². The van der Waals surface area contributed by atoms with Crippen LogP contribution in [0.1, 0.15) is 24.6 Å². The highest BCUT2D eigenvalue weighted by Crippen LogP contribution is 2.16. The van der Waals surface area contributed by atoms with Crippen molar-refractivity contribution in [3.63, 3.8) is 0 Å². The molecule has 2 atom stereocenters. The maximum Gasteiger partial charge on any atom is 0.253 e. The Morgan fingerprint density at radius 1 is 1.15 bits per heavy atom. The van der Waals surface area contributed by atoms with Crippen LogP contribution in [0.15, 0.2) is 54.7 Å². The van der Waals surface area contributed by atoms with Crippen molar-refractivity contribution in [2.45, 2.75) is 38.5 Å². The lowest BCUT2D eigenvalue weighted by atomic mass is 10.0. The van der Waals surface area contributed by atoms with Gasteiger partial charge in [-0.2, -0.15) is 0 Å². The summed E-state index contributed by atoms with van der Waals surface area (Å²) in [6.45, 7) is 2.21. The van der Waals surface area contributed by atoms with Gasteiger partial charge in [-0.1, -0.05) is 43.3 Å². The van der Waals surface area contributed by atoms with E-state index in [0.29, 0.717) is 12.1 Å². The molecule has 3 amide bonds. The number of hydrogen-bond acceptors (Lipinski definition) is 4. The average molecular weight is 366 g/mol. The van der Waals surface area contributed by atoms with Gasteiger partial charge in [0.2, 0.25) is 5.91 Å². The van der Waals surface area contributed by atoms with E-state index < -0.39 is 23.9 Å². The number of hydrogen-bond donors (Lipinski definition) is 2. The predicted octanol–water partition coefficient (Wildman–Crippen LogP) is 1.00. The second-order valence-electron chi connectivity index (χ2n) is 6.36. The monoisotopic (exact) mass is 366 g/mol. The van der Waals surface area contributed by atoms with E-state index in [2.05, 4.69) is 15.6 Å². The summed E-state index contributed by atoms with van der Waals surface area (Å²) in [5.41, 5.74) is 1.53. The van der Waals surface area contributed by atoms with Crippen LogP contribution >= 0.6 is 0 Å². The van der Waals surface area contributed by atoms with E-state index in [1.54, 1.807) is 24.4 Å². The van der Waals surface area contributed by atoms with E-state index in [4.69, 9.17) is 0 Å². The molecule has 0 radical (unpaired) electrons. The molecule has 2 aromatic rings. The van der Waals surface area contributed by atoms with E-state index >= 15 is 0 Å². The molecule has 2 heterocycles. The van der Waals surface area contributed by atoms with E-state index in [0.717, 1.165) is 5.56 Å². The smallest absolute Gasteiger partial charge is 0.253 e. The first-order valence-corrected chi connectivity index (χ1v) is 8.92. The summed E-state index contributed by atoms with van der Waals surface area (Å²) in [5.74, 6) is -1.25. The summed E-state index contributed by atoms with van der Waals surface area (Å²) >= 11 is 0. The summed E-state index contributed by atoms with van der Waals surface area (Å²) < 4.78 is 0. The van der Waals surface area contributed by atoms with Gasteiger partial charge in [0.25, 0.3) is 11.8 Å². The van der Waals surface area contributed by atoms with Gasteiger partial charge in [-0.15, -0.1) is 0 Å².